The average Bonchev–Trinajstić information content (AvgIpc) is 3.08. The Kier molecular flexibility index (Phi) is 4.49. The fraction of sp³-hybridized carbons (Fsp3) is 0.143. The van der Waals surface area contributed by atoms with Crippen molar-refractivity contribution in [1.29, 1.82) is 0 Å². The lowest BCUT2D eigenvalue weighted by Gasteiger charge is -2.22. The van der Waals surface area contributed by atoms with Crippen molar-refractivity contribution in [3.63, 3.8) is 0 Å². The molecule has 0 amide bonds. The van der Waals surface area contributed by atoms with Gasteiger partial charge in [0.05, 0.1) is 24.4 Å². The SMILES string of the molecule is COC(=O)c1cn2cc(C)nc2cc1C(c1cccnc1)n1ccccc1=O. The second kappa shape index (κ2) is 7.11. The van der Waals surface area contributed by atoms with Crippen molar-refractivity contribution < 1.29 is 9.53 Å². The number of ether oxygens (including phenoxy) is 1. The first-order valence-electron chi connectivity index (χ1n) is 8.73. The lowest BCUT2D eigenvalue weighted by Crippen LogP contribution is -2.26. The van der Waals surface area contributed by atoms with Gasteiger partial charge in [-0.25, -0.2) is 9.78 Å². The summed E-state index contributed by atoms with van der Waals surface area (Å²) < 4.78 is 8.36. The number of pyridine rings is 3. The van der Waals surface area contributed by atoms with Crippen molar-refractivity contribution in [3.05, 3.63) is 100 Å². The summed E-state index contributed by atoms with van der Waals surface area (Å²) in [5, 5.41) is 0. The van der Waals surface area contributed by atoms with Crippen LogP contribution >= 0.6 is 0 Å². The summed E-state index contributed by atoms with van der Waals surface area (Å²) in [5.41, 5.74) is 3.06. The van der Waals surface area contributed by atoms with E-state index in [1.165, 1.54) is 13.2 Å². The van der Waals surface area contributed by atoms with E-state index in [4.69, 9.17) is 4.74 Å². The zero-order valence-corrected chi connectivity index (χ0v) is 15.4. The highest BCUT2D eigenvalue weighted by atomic mass is 16.5. The van der Waals surface area contributed by atoms with Gasteiger partial charge in [0.15, 0.2) is 0 Å². The van der Waals surface area contributed by atoms with Crippen molar-refractivity contribution in [2.45, 2.75) is 13.0 Å². The van der Waals surface area contributed by atoms with Crippen LogP contribution in [0.25, 0.3) is 5.65 Å². The quantitative estimate of drug-likeness (QED) is 0.513. The van der Waals surface area contributed by atoms with Crippen LogP contribution in [0.2, 0.25) is 0 Å². The first kappa shape index (κ1) is 17.7. The van der Waals surface area contributed by atoms with Crippen LogP contribution in [0.5, 0.6) is 0 Å². The first-order chi connectivity index (χ1) is 13.6. The molecular weight excluding hydrogens is 356 g/mol. The number of hydrogen-bond donors (Lipinski definition) is 0. The second-order valence-electron chi connectivity index (χ2n) is 6.42. The van der Waals surface area contributed by atoms with Gasteiger partial charge in [-0.05, 0) is 36.2 Å². The van der Waals surface area contributed by atoms with Gasteiger partial charge in [0.1, 0.15) is 5.65 Å². The number of esters is 1. The number of aromatic nitrogens is 4. The molecule has 0 saturated heterocycles. The minimum absolute atomic E-state index is 0.188. The Bertz CT molecular complexity index is 1210. The molecule has 4 rings (SSSR count). The first-order valence-corrected chi connectivity index (χ1v) is 8.73. The number of carbonyl (C=O) groups is 1. The summed E-state index contributed by atoms with van der Waals surface area (Å²) in [7, 11) is 1.34. The molecule has 0 saturated carbocycles. The number of rotatable bonds is 4. The van der Waals surface area contributed by atoms with Gasteiger partial charge in [-0.3, -0.25) is 9.78 Å². The van der Waals surface area contributed by atoms with Crippen LogP contribution < -0.4 is 5.56 Å². The Morgan fingerprint density at radius 3 is 2.75 bits per heavy atom. The Hall–Kier alpha value is -3.74. The molecule has 0 aliphatic heterocycles. The molecule has 0 radical (unpaired) electrons. The van der Waals surface area contributed by atoms with Gasteiger partial charge in [-0.15, -0.1) is 0 Å². The zero-order valence-electron chi connectivity index (χ0n) is 15.4. The summed E-state index contributed by atoms with van der Waals surface area (Å²) in [6.07, 6.45) is 8.57. The maximum absolute atomic E-state index is 12.6. The number of hydrogen-bond acceptors (Lipinski definition) is 5. The highest BCUT2D eigenvalue weighted by molar-refractivity contribution is 5.91. The van der Waals surface area contributed by atoms with E-state index in [1.807, 2.05) is 25.3 Å². The van der Waals surface area contributed by atoms with Crippen LogP contribution in [0.15, 0.2) is 72.2 Å². The highest BCUT2D eigenvalue weighted by Crippen LogP contribution is 2.29. The highest BCUT2D eigenvalue weighted by Gasteiger charge is 2.25. The van der Waals surface area contributed by atoms with Gasteiger partial charge in [-0.2, -0.15) is 0 Å². The molecule has 1 atom stereocenters. The molecule has 4 aromatic heterocycles. The number of nitrogens with zero attached hydrogens (tertiary/aromatic N) is 4. The summed E-state index contributed by atoms with van der Waals surface area (Å²) in [6.45, 7) is 1.88. The number of aryl methyl sites for hydroxylation is 1. The van der Waals surface area contributed by atoms with E-state index >= 15 is 0 Å². The molecule has 0 aromatic carbocycles. The molecule has 0 spiro atoms. The van der Waals surface area contributed by atoms with Crippen LogP contribution in [0, 0.1) is 6.92 Å². The number of imidazole rings is 1. The minimum Gasteiger partial charge on any atom is -0.465 e. The summed E-state index contributed by atoms with van der Waals surface area (Å²) in [6, 6.07) is 9.88. The van der Waals surface area contributed by atoms with E-state index < -0.39 is 12.0 Å². The van der Waals surface area contributed by atoms with Crippen LogP contribution in [-0.4, -0.2) is 32.0 Å². The van der Waals surface area contributed by atoms with Crippen LogP contribution in [0.3, 0.4) is 0 Å². The molecule has 1 unspecified atom stereocenters. The standard InChI is InChI=1S/C21H18N4O3/c1-14-12-24-13-17(21(27)28-2)16(10-18(24)23-14)20(15-6-5-8-22-11-15)25-9-4-3-7-19(25)26/h3-13,20H,1-2H3. The lowest BCUT2D eigenvalue weighted by atomic mass is 9.96. The summed E-state index contributed by atoms with van der Waals surface area (Å²) in [4.78, 5) is 33.9. The van der Waals surface area contributed by atoms with Crippen LogP contribution in [0.1, 0.15) is 33.2 Å². The van der Waals surface area contributed by atoms with E-state index in [-0.39, 0.29) is 5.56 Å². The molecule has 7 heteroatoms. The van der Waals surface area contributed by atoms with Gasteiger partial charge >= 0.3 is 5.97 Å². The van der Waals surface area contributed by atoms with Gasteiger partial charge in [-0.1, -0.05) is 12.1 Å². The topological polar surface area (TPSA) is 78.5 Å². The number of carbonyl (C=O) groups excluding carboxylic acids is 1. The second-order valence-corrected chi connectivity index (χ2v) is 6.42. The summed E-state index contributed by atoms with van der Waals surface area (Å²) >= 11 is 0. The molecule has 140 valence electrons. The third-order valence-corrected chi connectivity index (χ3v) is 4.57. The van der Waals surface area contributed by atoms with Gasteiger partial charge in [0.25, 0.3) is 5.56 Å². The predicted octanol–water partition coefficient (Wildman–Crippen LogP) is 2.62. The Balaban J connectivity index is 2.06. The maximum Gasteiger partial charge on any atom is 0.339 e. The molecular formula is C21H18N4O3. The lowest BCUT2D eigenvalue weighted by molar-refractivity contribution is 0.0598. The Morgan fingerprint density at radius 1 is 1.18 bits per heavy atom. The monoisotopic (exact) mass is 374 g/mol. The molecule has 0 aliphatic carbocycles. The molecule has 0 fully saturated rings. The van der Waals surface area contributed by atoms with Crippen molar-refractivity contribution in [2.24, 2.45) is 0 Å². The van der Waals surface area contributed by atoms with Gasteiger partial charge in [0.2, 0.25) is 0 Å². The van der Waals surface area contributed by atoms with E-state index in [1.54, 1.807) is 52.0 Å². The normalized spacial score (nSPS) is 12.1. The third kappa shape index (κ3) is 3.07. The average molecular weight is 374 g/mol. The molecule has 7 nitrogen and oxygen atoms in total. The molecule has 4 aromatic rings. The Morgan fingerprint density at radius 2 is 2.04 bits per heavy atom. The van der Waals surface area contributed by atoms with Crippen molar-refractivity contribution >= 4 is 11.6 Å². The maximum atomic E-state index is 12.6. The summed E-state index contributed by atoms with van der Waals surface area (Å²) in [5.74, 6) is -0.485. The fourth-order valence-electron chi connectivity index (χ4n) is 3.36. The smallest absolute Gasteiger partial charge is 0.339 e. The molecule has 0 N–H and O–H groups in total. The van der Waals surface area contributed by atoms with E-state index in [0.29, 0.717) is 16.8 Å². The number of fused-ring (bicyclic) bond motifs is 1. The predicted molar refractivity (Wildman–Crippen MR) is 103 cm³/mol. The van der Waals surface area contributed by atoms with E-state index in [0.717, 1.165) is 11.3 Å². The van der Waals surface area contributed by atoms with Crippen LogP contribution in [0.4, 0.5) is 0 Å². The van der Waals surface area contributed by atoms with Gasteiger partial charge < -0.3 is 13.7 Å². The fourth-order valence-corrected chi connectivity index (χ4v) is 3.36. The molecule has 0 aliphatic rings. The molecule has 0 bridgehead atoms. The molecule has 4 heterocycles. The zero-order chi connectivity index (χ0) is 19.7. The third-order valence-electron chi connectivity index (χ3n) is 4.57. The van der Waals surface area contributed by atoms with Gasteiger partial charge in [0, 0.05) is 37.1 Å². The van der Waals surface area contributed by atoms with Crippen LogP contribution in [-0.2, 0) is 4.74 Å². The van der Waals surface area contributed by atoms with Crippen molar-refractivity contribution in [1.82, 2.24) is 18.9 Å². The minimum atomic E-state index is -0.557. The molecule has 28 heavy (non-hydrogen) atoms. The number of methoxy groups -OCH3 is 1. The van der Waals surface area contributed by atoms with Crippen molar-refractivity contribution in [2.75, 3.05) is 7.11 Å². The Labute approximate surface area is 160 Å². The largest absolute Gasteiger partial charge is 0.465 e. The van der Waals surface area contributed by atoms with E-state index in [9.17, 15) is 9.59 Å². The van der Waals surface area contributed by atoms with E-state index in [2.05, 4.69) is 9.97 Å². The van der Waals surface area contributed by atoms with Crippen molar-refractivity contribution in [3.8, 4) is 0 Å².